The zero-order chi connectivity index (χ0) is 13.9. The molecule has 0 bridgehead atoms. The number of phenolic OH excluding ortho intramolecular Hbond substituents is 1. The standard InChI is InChI=1S/C17H19NO2/c19-15-9-7-14(8-10-15)17(20)12-18-11-3-5-13-4-1-2-6-16(13)18/h1-2,4,6-10,17,19-20H,3,5,11-12H2. The van der Waals surface area contributed by atoms with Gasteiger partial charge in [0.25, 0.3) is 0 Å². The second kappa shape index (κ2) is 5.55. The molecule has 3 heteroatoms. The average Bonchev–Trinajstić information content (AvgIpc) is 2.48. The number of fused-ring (bicyclic) bond motifs is 1. The van der Waals surface area contributed by atoms with Gasteiger partial charge in [-0.1, -0.05) is 30.3 Å². The summed E-state index contributed by atoms with van der Waals surface area (Å²) in [5, 5.41) is 19.7. The predicted octanol–water partition coefficient (Wildman–Crippen LogP) is 2.88. The van der Waals surface area contributed by atoms with Gasteiger partial charge < -0.3 is 15.1 Å². The molecule has 1 heterocycles. The lowest BCUT2D eigenvalue weighted by atomic mass is 10.0. The topological polar surface area (TPSA) is 43.7 Å². The maximum atomic E-state index is 10.4. The fourth-order valence-electron chi connectivity index (χ4n) is 2.81. The first-order valence-corrected chi connectivity index (χ1v) is 7.04. The fraction of sp³-hybridized carbons (Fsp3) is 0.294. The van der Waals surface area contributed by atoms with Gasteiger partial charge in [-0.05, 0) is 42.2 Å². The van der Waals surface area contributed by atoms with E-state index < -0.39 is 6.10 Å². The number of β-amino-alcohol motifs (C(OH)–C–C–N with tert-alkyl or cyclic N) is 1. The van der Waals surface area contributed by atoms with Crippen LogP contribution < -0.4 is 4.90 Å². The van der Waals surface area contributed by atoms with Crippen molar-refractivity contribution in [3.63, 3.8) is 0 Å². The molecule has 0 aliphatic carbocycles. The Balaban J connectivity index is 1.77. The van der Waals surface area contributed by atoms with Gasteiger partial charge in [0.2, 0.25) is 0 Å². The van der Waals surface area contributed by atoms with Crippen molar-refractivity contribution in [3.05, 3.63) is 59.7 Å². The number of nitrogens with zero attached hydrogens (tertiary/aromatic N) is 1. The third-order valence-electron chi connectivity index (χ3n) is 3.88. The number of anilines is 1. The molecule has 2 aromatic carbocycles. The van der Waals surface area contributed by atoms with Crippen LogP contribution in [0.3, 0.4) is 0 Å². The highest BCUT2D eigenvalue weighted by atomic mass is 16.3. The van der Waals surface area contributed by atoms with Gasteiger partial charge in [-0.2, -0.15) is 0 Å². The molecule has 0 amide bonds. The first kappa shape index (κ1) is 13.0. The van der Waals surface area contributed by atoms with Crippen LogP contribution in [0.15, 0.2) is 48.5 Å². The first-order chi connectivity index (χ1) is 9.74. The van der Waals surface area contributed by atoms with Gasteiger partial charge in [0, 0.05) is 18.8 Å². The van der Waals surface area contributed by atoms with Gasteiger partial charge >= 0.3 is 0 Å². The van der Waals surface area contributed by atoms with Crippen LogP contribution >= 0.6 is 0 Å². The molecular weight excluding hydrogens is 250 g/mol. The van der Waals surface area contributed by atoms with Gasteiger partial charge in [-0.15, -0.1) is 0 Å². The summed E-state index contributed by atoms with van der Waals surface area (Å²) < 4.78 is 0. The number of aliphatic hydroxyl groups excluding tert-OH is 1. The zero-order valence-electron chi connectivity index (χ0n) is 11.4. The quantitative estimate of drug-likeness (QED) is 0.900. The number of benzene rings is 2. The van der Waals surface area contributed by atoms with Crippen LogP contribution in [-0.4, -0.2) is 23.3 Å². The molecule has 1 aliphatic heterocycles. The molecule has 0 saturated carbocycles. The Labute approximate surface area is 119 Å². The highest BCUT2D eigenvalue weighted by Gasteiger charge is 2.19. The summed E-state index contributed by atoms with van der Waals surface area (Å²) in [5.41, 5.74) is 3.43. The first-order valence-electron chi connectivity index (χ1n) is 7.04. The second-order valence-corrected chi connectivity index (χ2v) is 5.29. The molecule has 2 aromatic rings. The number of phenols is 1. The van der Waals surface area contributed by atoms with E-state index in [-0.39, 0.29) is 5.75 Å². The maximum absolute atomic E-state index is 10.4. The molecule has 0 fully saturated rings. The van der Waals surface area contributed by atoms with Gasteiger partial charge in [0.1, 0.15) is 5.75 Å². The lowest BCUT2D eigenvalue weighted by Gasteiger charge is -2.33. The van der Waals surface area contributed by atoms with Gasteiger partial charge in [0.15, 0.2) is 0 Å². The van der Waals surface area contributed by atoms with E-state index in [4.69, 9.17) is 0 Å². The monoisotopic (exact) mass is 269 g/mol. The van der Waals surface area contributed by atoms with Crippen molar-refractivity contribution in [3.8, 4) is 5.75 Å². The molecule has 20 heavy (non-hydrogen) atoms. The molecule has 1 aliphatic rings. The highest BCUT2D eigenvalue weighted by Crippen LogP contribution is 2.28. The van der Waals surface area contributed by atoms with Gasteiger partial charge in [-0.3, -0.25) is 0 Å². The Morgan fingerprint density at radius 2 is 1.80 bits per heavy atom. The van der Waals surface area contributed by atoms with Crippen LogP contribution in [-0.2, 0) is 6.42 Å². The molecule has 0 saturated heterocycles. The number of aryl methyl sites for hydroxylation is 1. The van der Waals surface area contributed by atoms with Crippen molar-refractivity contribution < 1.29 is 10.2 Å². The number of aliphatic hydroxyl groups is 1. The largest absolute Gasteiger partial charge is 0.508 e. The summed E-state index contributed by atoms with van der Waals surface area (Å²) in [6.07, 6.45) is 1.70. The summed E-state index contributed by atoms with van der Waals surface area (Å²) >= 11 is 0. The van der Waals surface area contributed by atoms with E-state index in [9.17, 15) is 10.2 Å². The summed E-state index contributed by atoms with van der Waals surface area (Å²) in [6.45, 7) is 1.56. The third kappa shape index (κ3) is 2.63. The molecular formula is C17H19NO2. The number of aromatic hydroxyl groups is 1. The van der Waals surface area contributed by atoms with E-state index >= 15 is 0 Å². The van der Waals surface area contributed by atoms with Crippen molar-refractivity contribution in [2.45, 2.75) is 18.9 Å². The molecule has 3 nitrogen and oxygen atoms in total. The van der Waals surface area contributed by atoms with Crippen LogP contribution in [0, 0.1) is 0 Å². The Morgan fingerprint density at radius 1 is 1.05 bits per heavy atom. The fourth-order valence-corrected chi connectivity index (χ4v) is 2.81. The molecule has 3 rings (SSSR count). The van der Waals surface area contributed by atoms with Crippen molar-refractivity contribution in [2.75, 3.05) is 18.0 Å². The van der Waals surface area contributed by atoms with Gasteiger partial charge in [-0.25, -0.2) is 0 Å². The Hall–Kier alpha value is -2.00. The zero-order valence-corrected chi connectivity index (χ0v) is 11.4. The average molecular weight is 269 g/mol. The van der Waals surface area contributed by atoms with Crippen LogP contribution in [0.5, 0.6) is 5.75 Å². The molecule has 0 aromatic heterocycles. The molecule has 2 N–H and O–H groups in total. The van der Waals surface area contributed by atoms with Crippen molar-refractivity contribution in [1.82, 2.24) is 0 Å². The van der Waals surface area contributed by atoms with Crippen LogP contribution in [0.2, 0.25) is 0 Å². The third-order valence-corrected chi connectivity index (χ3v) is 3.88. The van der Waals surface area contributed by atoms with E-state index in [2.05, 4.69) is 23.1 Å². The summed E-state index contributed by atoms with van der Waals surface area (Å²) in [4.78, 5) is 2.25. The minimum absolute atomic E-state index is 0.226. The molecule has 104 valence electrons. The normalized spacial score (nSPS) is 15.8. The van der Waals surface area contributed by atoms with E-state index in [0.717, 1.165) is 24.9 Å². The Kier molecular flexibility index (Phi) is 3.61. The molecule has 1 unspecified atom stereocenters. The summed E-state index contributed by atoms with van der Waals surface area (Å²) in [6, 6.07) is 15.2. The van der Waals surface area contributed by atoms with Crippen molar-refractivity contribution >= 4 is 5.69 Å². The minimum atomic E-state index is -0.540. The Bertz CT molecular complexity index is 580. The SMILES string of the molecule is Oc1ccc(C(O)CN2CCCc3ccccc32)cc1. The van der Waals surface area contributed by atoms with E-state index in [1.165, 1.54) is 11.3 Å². The summed E-state index contributed by atoms with van der Waals surface area (Å²) in [5.74, 6) is 0.226. The van der Waals surface area contributed by atoms with Crippen LogP contribution in [0.4, 0.5) is 5.69 Å². The predicted molar refractivity (Wildman–Crippen MR) is 80.0 cm³/mol. The lowest BCUT2D eigenvalue weighted by Crippen LogP contribution is -2.33. The number of hydrogen-bond donors (Lipinski definition) is 2. The molecule has 0 radical (unpaired) electrons. The number of hydrogen-bond acceptors (Lipinski definition) is 3. The van der Waals surface area contributed by atoms with E-state index in [1.807, 2.05) is 6.07 Å². The Morgan fingerprint density at radius 3 is 2.60 bits per heavy atom. The van der Waals surface area contributed by atoms with Crippen LogP contribution in [0.1, 0.15) is 23.7 Å². The molecule has 1 atom stereocenters. The smallest absolute Gasteiger partial charge is 0.115 e. The minimum Gasteiger partial charge on any atom is -0.508 e. The highest BCUT2D eigenvalue weighted by molar-refractivity contribution is 5.55. The van der Waals surface area contributed by atoms with Crippen LogP contribution in [0.25, 0.3) is 0 Å². The number of para-hydroxylation sites is 1. The van der Waals surface area contributed by atoms with Gasteiger partial charge in [0.05, 0.1) is 6.10 Å². The van der Waals surface area contributed by atoms with Crippen molar-refractivity contribution in [1.29, 1.82) is 0 Å². The maximum Gasteiger partial charge on any atom is 0.115 e. The van der Waals surface area contributed by atoms with Crippen molar-refractivity contribution in [2.24, 2.45) is 0 Å². The summed E-state index contributed by atoms with van der Waals surface area (Å²) in [7, 11) is 0. The molecule has 0 spiro atoms. The van der Waals surface area contributed by atoms with E-state index in [1.54, 1.807) is 24.3 Å². The number of rotatable bonds is 3. The van der Waals surface area contributed by atoms with E-state index in [0.29, 0.717) is 6.54 Å². The lowest BCUT2D eigenvalue weighted by molar-refractivity contribution is 0.182. The second-order valence-electron chi connectivity index (χ2n) is 5.29.